The van der Waals surface area contributed by atoms with Gasteiger partial charge in [0.1, 0.15) is 12.4 Å². The highest BCUT2D eigenvalue weighted by Crippen LogP contribution is 2.30. The number of nitrogens with one attached hydrogen (secondary N) is 1. The molecule has 0 radical (unpaired) electrons. The summed E-state index contributed by atoms with van der Waals surface area (Å²) < 4.78 is 6.16. The Hall–Kier alpha value is -3.75. The van der Waals surface area contributed by atoms with Gasteiger partial charge in [-0.3, -0.25) is 4.90 Å². The maximum atomic E-state index is 9.20. The Balaban J connectivity index is 1.09. The zero-order chi connectivity index (χ0) is 24.7. The van der Waals surface area contributed by atoms with Gasteiger partial charge in [-0.15, -0.1) is 0 Å². The average molecular weight is 479 g/mol. The van der Waals surface area contributed by atoms with Crippen molar-refractivity contribution in [2.75, 3.05) is 37.6 Å². The normalized spacial score (nSPS) is 14.2. The number of hydrogen-bond acceptors (Lipinski definition) is 4. The number of benzene rings is 3. The standard InChI is InChI=1S/C31H34N4O/c1-24-30(11-7-12-31(24)36-23-25-8-3-2-4-9-25)35-18-16-34(17-19-35)15-6-5-10-27-22-33-29-14-13-26(21-32)20-28(27)29/h2-4,7-9,11-14,20,22,33H,5-6,10,15-19,23H2,1H3. The second kappa shape index (κ2) is 11.3. The summed E-state index contributed by atoms with van der Waals surface area (Å²) in [6, 6.07) is 24.9. The van der Waals surface area contributed by atoms with Crippen LogP contribution in [0.3, 0.4) is 0 Å². The number of nitriles is 1. The number of H-pyrrole nitrogens is 1. The third-order valence-corrected chi connectivity index (χ3v) is 7.27. The summed E-state index contributed by atoms with van der Waals surface area (Å²) in [6.07, 6.45) is 5.49. The third kappa shape index (κ3) is 5.56. The Labute approximate surface area is 213 Å². The van der Waals surface area contributed by atoms with Crippen LogP contribution in [-0.4, -0.2) is 42.6 Å². The Kier molecular flexibility index (Phi) is 7.54. The van der Waals surface area contributed by atoms with E-state index in [1.165, 1.54) is 34.2 Å². The summed E-state index contributed by atoms with van der Waals surface area (Å²) in [5.74, 6) is 0.970. The van der Waals surface area contributed by atoms with E-state index in [0.717, 1.165) is 62.4 Å². The van der Waals surface area contributed by atoms with E-state index in [-0.39, 0.29) is 0 Å². The highest BCUT2D eigenvalue weighted by Gasteiger charge is 2.19. The Bertz CT molecular complexity index is 1330. The summed E-state index contributed by atoms with van der Waals surface area (Å²) in [6.45, 7) is 8.17. The van der Waals surface area contributed by atoms with Crippen molar-refractivity contribution in [2.45, 2.75) is 32.8 Å². The number of fused-ring (bicyclic) bond motifs is 1. The van der Waals surface area contributed by atoms with Gasteiger partial charge in [0.2, 0.25) is 0 Å². The minimum Gasteiger partial charge on any atom is -0.489 e. The van der Waals surface area contributed by atoms with Gasteiger partial charge in [-0.1, -0.05) is 36.4 Å². The molecule has 1 N–H and O–H groups in total. The molecule has 1 aliphatic rings. The molecule has 4 aromatic rings. The minimum atomic E-state index is 0.594. The van der Waals surface area contributed by atoms with Gasteiger partial charge >= 0.3 is 0 Å². The van der Waals surface area contributed by atoms with Crippen molar-refractivity contribution >= 4 is 16.6 Å². The zero-order valence-electron chi connectivity index (χ0n) is 21.0. The van der Waals surface area contributed by atoms with Crippen molar-refractivity contribution in [3.05, 3.63) is 95.2 Å². The molecule has 5 heteroatoms. The van der Waals surface area contributed by atoms with E-state index in [0.29, 0.717) is 6.61 Å². The molecular formula is C31H34N4O. The number of piperazine rings is 1. The van der Waals surface area contributed by atoms with Gasteiger partial charge in [-0.25, -0.2) is 0 Å². The van der Waals surface area contributed by atoms with Gasteiger partial charge in [-0.05, 0) is 74.2 Å². The van der Waals surface area contributed by atoms with Gasteiger partial charge in [0, 0.05) is 54.5 Å². The SMILES string of the molecule is Cc1c(OCc2ccccc2)cccc1N1CCN(CCCCc2c[nH]c3ccc(C#N)cc23)CC1. The maximum Gasteiger partial charge on any atom is 0.124 e. The summed E-state index contributed by atoms with van der Waals surface area (Å²) in [7, 11) is 0. The Morgan fingerprint density at radius 3 is 2.58 bits per heavy atom. The summed E-state index contributed by atoms with van der Waals surface area (Å²) in [5, 5.41) is 10.4. The van der Waals surface area contributed by atoms with Gasteiger partial charge in [0.05, 0.1) is 11.6 Å². The Morgan fingerprint density at radius 1 is 0.944 bits per heavy atom. The van der Waals surface area contributed by atoms with Crippen LogP contribution in [-0.2, 0) is 13.0 Å². The predicted octanol–water partition coefficient (Wildman–Crippen LogP) is 6.07. The molecule has 0 saturated carbocycles. The lowest BCUT2D eigenvalue weighted by Crippen LogP contribution is -2.46. The first-order chi connectivity index (χ1) is 17.7. The molecule has 0 atom stereocenters. The number of aryl methyl sites for hydroxylation is 1. The van der Waals surface area contributed by atoms with Crippen LogP contribution in [0.4, 0.5) is 5.69 Å². The van der Waals surface area contributed by atoms with E-state index >= 15 is 0 Å². The molecule has 5 nitrogen and oxygen atoms in total. The number of rotatable bonds is 9. The number of ether oxygens (including phenoxy) is 1. The number of aromatic amines is 1. The van der Waals surface area contributed by atoms with Gasteiger partial charge in [0.25, 0.3) is 0 Å². The van der Waals surface area contributed by atoms with Crippen molar-refractivity contribution in [1.29, 1.82) is 5.26 Å². The fourth-order valence-electron chi connectivity index (χ4n) is 5.16. The van der Waals surface area contributed by atoms with E-state index in [1.54, 1.807) is 0 Å². The molecule has 1 saturated heterocycles. The van der Waals surface area contributed by atoms with Gasteiger partial charge < -0.3 is 14.6 Å². The van der Waals surface area contributed by atoms with Crippen LogP contribution in [0.25, 0.3) is 10.9 Å². The Morgan fingerprint density at radius 2 is 1.78 bits per heavy atom. The topological polar surface area (TPSA) is 55.3 Å². The fraction of sp³-hybridized carbons (Fsp3) is 0.323. The van der Waals surface area contributed by atoms with Crippen molar-refractivity contribution in [3.63, 3.8) is 0 Å². The van der Waals surface area contributed by atoms with E-state index in [1.807, 2.05) is 24.3 Å². The highest BCUT2D eigenvalue weighted by molar-refractivity contribution is 5.84. The van der Waals surface area contributed by atoms with Gasteiger partial charge in [-0.2, -0.15) is 5.26 Å². The molecular weight excluding hydrogens is 444 g/mol. The number of aromatic nitrogens is 1. The fourth-order valence-corrected chi connectivity index (χ4v) is 5.16. The summed E-state index contributed by atoms with van der Waals surface area (Å²) in [4.78, 5) is 8.43. The van der Waals surface area contributed by atoms with Gasteiger partial charge in [0.15, 0.2) is 0 Å². The maximum absolute atomic E-state index is 9.20. The molecule has 0 amide bonds. The first kappa shape index (κ1) is 24.0. The lowest BCUT2D eigenvalue weighted by molar-refractivity contribution is 0.252. The lowest BCUT2D eigenvalue weighted by atomic mass is 10.0. The van der Waals surface area contributed by atoms with Crippen molar-refractivity contribution in [1.82, 2.24) is 9.88 Å². The van der Waals surface area contributed by atoms with Crippen LogP contribution in [0, 0.1) is 18.3 Å². The van der Waals surface area contributed by atoms with E-state index in [2.05, 4.69) is 76.4 Å². The predicted molar refractivity (Wildman–Crippen MR) is 147 cm³/mol. The second-order valence-corrected chi connectivity index (χ2v) is 9.65. The summed E-state index contributed by atoms with van der Waals surface area (Å²) >= 11 is 0. The number of anilines is 1. The average Bonchev–Trinajstić information content (AvgIpc) is 3.33. The molecule has 36 heavy (non-hydrogen) atoms. The molecule has 1 fully saturated rings. The monoisotopic (exact) mass is 478 g/mol. The molecule has 184 valence electrons. The quantitative estimate of drug-likeness (QED) is 0.297. The van der Waals surface area contributed by atoms with Crippen LogP contribution in [0.1, 0.15) is 35.1 Å². The zero-order valence-corrected chi connectivity index (χ0v) is 21.0. The molecule has 3 aromatic carbocycles. The van der Waals surface area contributed by atoms with Crippen molar-refractivity contribution in [2.24, 2.45) is 0 Å². The third-order valence-electron chi connectivity index (χ3n) is 7.27. The lowest BCUT2D eigenvalue weighted by Gasteiger charge is -2.37. The molecule has 0 bridgehead atoms. The van der Waals surface area contributed by atoms with Crippen LogP contribution in [0.5, 0.6) is 5.75 Å². The minimum absolute atomic E-state index is 0.594. The van der Waals surface area contributed by atoms with Crippen LogP contribution in [0.15, 0.2) is 72.9 Å². The molecule has 0 unspecified atom stereocenters. The number of nitrogens with zero attached hydrogens (tertiary/aromatic N) is 3. The largest absolute Gasteiger partial charge is 0.489 e. The van der Waals surface area contributed by atoms with Crippen molar-refractivity contribution in [3.8, 4) is 11.8 Å². The number of hydrogen-bond donors (Lipinski definition) is 1. The molecule has 5 rings (SSSR count). The van der Waals surface area contributed by atoms with Crippen LogP contribution < -0.4 is 9.64 Å². The highest BCUT2D eigenvalue weighted by atomic mass is 16.5. The molecule has 2 heterocycles. The molecule has 0 aliphatic carbocycles. The first-order valence-electron chi connectivity index (χ1n) is 12.9. The number of unbranched alkanes of at least 4 members (excludes halogenated alkanes) is 1. The molecule has 1 aliphatic heterocycles. The van der Waals surface area contributed by atoms with E-state index in [4.69, 9.17) is 4.74 Å². The van der Waals surface area contributed by atoms with Crippen molar-refractivity contribution < 1.29 is 4.74 Å². The van der Waals surface area contributed by atoms with Crippen LogP contribution in [0.2, 0.25) is 0 Å². The first-order valence-corrected chi connectivity index (χ1v) is 12.9. The molecule has 0 spiro atoms. The van der Waals surface area contributed by atoms with Crippen LogP contribution >= 0.6 is 0 Å². The van der Waals surface area contributed by atoms with E-state index < -0.39 is 0 Å². The smallest absolute Gasteiger partial charge is 0.124 e. The second-order valence-electron chi connectivity index (χ2n) is 9.65. The summed E-state index contributed by atoms with van der Waals surface area (Å²) in [5.41, 5.74) is 6.86. The van der Waals surface area contributed by atoms with E-state index in [9.17, 15) is 5.26 Å². The molecule has 1 aromatic heterocycles.